The molecule has 1 aromatic heterocycles. The van der Waals surface area contributed by atoms with Gasteiger partial charge in [0, 0.05) is 30.3 Å². The van der Waals surface area contributed by atoms with Crippen LogP contribution in [-0.4, -0.2) is 35.2 Å². The summed E-state index contributed by atoms with van der Waals surface area (Å²) in [7, 11) is 2.15. The fraction of sp³-hybridized carbons (Fsp3) is 0.583. The minimum atomic E-state index is -0.156. The van der Waals surface area contributed by atoms with E-state index in [0.717, 1.165) is 54.7 Å². The van der Waals surface area contributed by atoms with Crippen molar-refractivity contribution in [1.82, 2.24) is 9.97 Å². The van der Waals surface area contributed by atoms with Crippen LogP contribution in [0.2, 0.25) is 0 Å². The van der Waals surface area contributed by atoms with Crippen molar-refractivity contribution in [3.63, 3.8) is 0 Å². The molecule has 162 valence electrons. The molecule has 0 aliphatic heterocycles. The molecule has 1 saturated carbocycles. The fourth-order valence-corrected chi connectivity index (χ4v) is 4.94. The van der Waals surface area contributed by atoms with Gasteiger partial charge in [-0.15, -0.1) is 0 Å². The third-order valence-corrected chi connectivity index (χ3v) is 6.81. The Morgan fingerprint density at radius 2 is 1.83 bits per heavy atom. The lowest BCUT2D eigenvalue weighted by Crippen LogP contribution is -2.34. The first-order valence-corrected chi connectivity index (χ1v) is 11.1. The maximum Gasteiger partial charge on any atom is 0.143 e. The Kier molecular flexibility index (Phi) is 5.39. The summed E-state index contributed by atoms with van der Waals surface area (Å²) in [5, 5.41) is 0. The van der Waals surface area contributed by atoms with Crippen LogP contribution in [0.1, 0.15) is 64.5 Å². The third-order valence-electron chi connectivity index (χ3n) is 6.81. The summed E-state index contributed by atoms with van der Waals surface area (Å²) < 4.78 is 6.60. The molecule has 1 aromatic carbocycles. The number of nitrogen functional groups attached to an aromatic ring is 1. The summed E-state index contributed by atoms with van der Waals surface area (Å²) in [5.74, 6) is 1.54. The van der Waals surface area contributed by atoms with Crippen LogP contribution < -0.4 is 21.1 Å². The van der Waals surface area contributed by atoms with Crippen LogP contribution in [-0.2, 0) is 11.8 Å². The van der Waals surface area contributed by atoms with Gasteiger partial charge in [0.25, 0.3) is 0 Å². The Bertz CT molecular complexity index is 931. The summed E-state index contributed by atoms with van der Waals surface area (Å²) in [6.07, 6.45) is 6.75. The second kappa shape index (κ2) is 7.73. The van der Waals surface area contributed by atoms with E-state index in [2.05, 4.69) is 61.7 Å². The molecule has 1 fully saturated rings. The van der Waals surface area contributed by atoms with Gasteiger partial charge in [0.2, 0.25) is 0 Å². The topological polar surface area (TPSA) is 90.3 Å². The number of fused-ring (bicyclic) bond motifs is 3. The monoisotopic (exact) mass is 409 g/mol. The minimum absolute atomic E-state index is 0.156. The highest BCUT2D eigenvalue weighted by atomic mass is 16.5. The lowest BCUT2D eigenvalue weighted by Gasteiger charge is -2.38. The summed E-state index contributed by atoms with van der Waals surface area (Å²) in [6, 6.07) is 4.92. The Balaban J connectivity index is 1.84. The van der Waals surface area contributed by atoms with Gasteiger partial charge in [-0.3, -0.25) is 0 Å². The predicted molar refractivity (Wildman–Crippen MR) is 123 cm³/mol. The van der Waals surface area contributed by atoms with Crippen molar-refractivity contribution in [2.45, 2.75) is 83.4 Å². The molecule has 6 heteroatoms. The number of anilines is 2. The van der Waals surface area contributed by atoms with E-state index in [9.17, 15) is 0 Å². The normalized spacial score (nSPS) is 22.4. The molecule has 0 bridgehead atoms. The predicted octanol–water partition coefficient (Wildman–Crippen LogP) is 4.05. The van der Waals surface area contributed by atoms with E-state index in [1.807, 2.05) is 0 Å². The highest BCUT2D eigenvalue weighted by Crippen LogP contribution is 2.49. The van der Waals surface area contributed by atoms with Gasteiger partial charge in [0.15, 0.2) is 0 Å². The Morgan fingerprint density at radius 3 is 2.50 bits per heavy atom. The molecule has 2 aromatic rings. The van der Waals surface area contributed by atoms with Crippen LogP contribution in [0.4, 0.5) is 11.5 Å². The van der Waals surface area contributed by atoms with Crippen molar-refractivity contribution in [1.29, 1.82) is 0 Å². The van der Waals surface area contributed by atoms with Gasteiger partial charge in [0.05, 0.1) is 17.5 Å². The van der Waals surface area contributed by atoms with Crippen molar-refractivity contribution in [3.8, 4) is 17.0 Å². The van der Waals surface area contributed by atoms with Crippen LogP contribution >= 0.6 is 0 Å². The van der Waals surface area contributed by atoms with Crippen molar-refractivity contribution in [2.24, 2.45) is 5.73 Å². The lowest BCUT2D eigenvalue weighted by molar-refractivity contribution is 0.147. The van der Waals surface area contributed by atoms with Crippen LogP contribution in [0.15, 0.2) is 18.5 Å². The number of rotatable bonds is 4. The first kappa shape index (κ1) is 20.9. The van der Waals surface area contributed by atoms with Crippen molar-refractivity contribution in [2.75, 3.05) is 17.7 Å². The van der Waals surface area contributed by atoms with E-state index in [-0.39, 0.29) is 11.5 Å². The summed E-state index contributed by atoms with van der Waals surface area (Å²) >= 11 is 0. The maximum atomic E-state index is 6.60. The van der Waals surface area contributed by atoms with Crippen molar-refractivity contribution < 1.29 is 4.74 Å². The molecule has 4 N–H and O–H groups in total. The van der Waals surface area contributed by atoms with E-state index in [1.54, 1.807) is 6.33 Å². The van der Waals surface area contributed by atoms with Gasteiger partial charge in [-0.2, -0.15) is 0 Å². The molecule has 0 radical (unpaired) electrons. The Morgan fingerprint density at radius 1 is 1.13 bits per heavy atom. The molecular formula is C24H35N5O. The van der Waals surface area contributed by atoms with Crippen molar-refractivity contribution >= 4 is 11.5 Å². The quantitative estimate of drug-likeness (QED) is 0.792. The summed E-state index contributed by atoms with van der Waals surface area (Å²) in [5.41, 5.74) is 17.8. The Labute approximate surface area is 180 Å². The SMILES string of the molecule is CC(C)N(C)c1c(O[C@H]2CC[C@H](N)CC2)ccc2c1CC(C)(C)c1c(N)ncnc1-2. The van der Waals surface area contributed by atoms with Gasteiger partial charge in [-0.05, 0) is 69.1 Å². The first-order valence-electron chi connectivity index (χ1n) is 11.1. The molecule has 0 saturated heterocycles. The van der Waals surface area contributed by atoms with Gasteiger partial charge >= 0.3 is 0 Å². The zero-order valence-corrected chi connectivity index (χ0v) is 18.9. The Hall–Kier alpha value is -2.34. The van der Waals surface area contributed by atoms with Crippen LogP contribution in [0.25, 0.3) is 11.3 Å². The van der Waals surface area contributed by atoms with E-state index in [4.69, 9.17) is 16.2 Å². The third kappa shape index (κ3) is 3.62. The average molecular weight is 410 g/mol. The second-order valence-corrected chi connectivity index (χ2v) is 9.84. The number of hydrogen-bond acceptors (Lipinski definition) is 6. The molecule has 30 heavy (non-hydrogen) atoms. The van der Waals surface area contributed by atoms with Crippen LogP contribution in [0.3, 0.4) is 0 Å². The first-order chi connectivity index (χ1) is 14.2. The zero-order chi connectivity index (χ0) is 21.6. The van der Waals surface area contributed by atoms with Gasteiger partial charge in [-0.25, -0.2) is 9.97 Å². The van der Waals surface area contributed by atoms with E-state index in [0.29, 0.717) is 17.9 Å². The number of aromatic nitrogens is 2. The average Bonchev–Trinajstić information content (AvgIpc) is 2.68. The standard InChI is InChI=1S/C24H35N5O/c1-14(2)29(5)22-18-12-24(3,4)20-21(27-13-28-23(20)26)17(18)10-11-19(22)30-16-8-6-15(25)7-9-16/h10-11,13-16H,6-9,12,25H2,1-5H3,(H2,26,27,28)/t15-,16-. The number of ether oxygens (including phenoxy) is 1. The molecule has 0 unspecified atom stereocenters. The lowest BCUT2D eigenvalue weighted by atomic mass is 9.71. The van der Waals surface area contributed by atoms with Crippen LogP contribution in [0, 0.1) is 0 Å². The van der Waals surface area contributed by atoms with Gasteiger partial charge in [-0.1, -0.05) is 13.8 Å². The molecule has 1 heterocycles. The molecular weight excluding hydrogens is 374 g/mol. The minimum Gasteiger partial charge on any atom is -0.488 e. The molecule has 0 spiro atoms. The zero-order valence-electron chi connectivity index (χ0n) is 18.9. The number of nitrogens with zero attached hydrogens (tertiary/aromatic N) is 3. The largest absolute Gasteiger partial charge is 0.488 e. The molecule has 2 aliphatic carbocycles. The highest BCUT2D eigenvalue weighted by Gasteiger charge is 2.37. The molecule has 6 nitrogen and oxygen atoms in total. The van der Waals surface area contributed by atoms with E-state index in [1.165, 1.54) is 11.3 Å². The van der Waals surface area contributed by atoms with E-state index < -0.39 is 0 Å². The molecule has 0 atom stereocenters. The number of benzene rings is 1. The summed E-state index contributed by atoms with van der Waals surface area (Å²) in [4.78, 5) is 11.2. The molecule has 4 rings (SSSR count). The summed E-state index contributed by atoms with van der Waals surface area (Å²) in [6.45, 7) is 8.88. The highest BCUT2D eigenvalue weighted by molar-refractivity contribution is 5.83. The van der Waals surface area contributed by atoms with E-state index >= 15 is 0 Å². The fourth-order valence-electron chi connectivity index (χ4n) is 4.94. The van der Waals surface area contributed by atoms with Gasteiger partial charge in [0.1, 0.15) is 17.9 Å². The van der Waals surface area contributed by atoms with Crippen LogP contribution in [0.5, 0.6) is 5.75 Å². The molecule has 0 amide bonds. The van der Waals surface area contributed by atoms with Crippen molar-refractivity contribution in [3.05, 3.63) is 29.6 Å². The maximum absolute atomic E-state index is 6.60. The smallest absolute Gasteiger partial charge is 0.143 e. The molecule has 2 aliphatic rings. The number of hydrogen-bond donors (Lipinski definition) is 2. The number of nitrogens with two attached hydrogens (primary N) is 2. The van der Waals surface area contributed by atoms with Gasteiger partial charge < -0.3 is 21.1 Å². The second-order valence-electron chi connectivity index (χ2n) is 9.84.